The fourth-order valence-corrected chi connectivity index (χ4v) is 4.34. The van der Waals surface area contributed by atoms with Crippen LogP contribution in [-0.4, -0.2) is 44.0 Å². The fraction of sp³-hybridized carbons (Fsp3) is 0.750. The lowest BCUT2D eigenvalue weighted by Gasteiger charge is -2.17. The van der Waals surface area contributed by atoms with Crippen LogP contribution >= 0.6 is 11.3 Å². The summed E-state index contributed by atoms with van der Waals surface area (Å²) < 4.78 is 23.2. The monoisotopic (exact) mass is 301 g/mol. The molecule has 0 radical (unpaired) electrons. The van der Waals surface area contributed by atoms with Gasteiger partial charge in [0.05, 0.1) is 17.2 Å². The predicted molar refractivity (Wildman–Crippen MR) is 77.5 cm³/mol. The molecule has 0 amide bonds. The van der Waals surface area contributed by atoms with Crippen molar-refractivity contribution in [2.45, 2.75) is 31.8 Å². The van der Waals surface area contributed by atoms with Crippen molar-refractivity contribution < 1.29 is 8.42 Å². The Morgan fingerprint density at radius 1 is 1.37 bits per heavy atom. The summed E-state index contributed by atoms with van der Waals surface area (Å²) in [6.07, 6.45) is 3.26. The second-order valence-corrected chi connectivity index (χ2v) is 8.41. The van der Waals surface area contributed by atoms with Gasteiger partial charge in [0.15, 0.2) is 15.0 Å². The van der Waals surface area contributed by atoms with Crippen molar-refractivity contribution >= 4 is 26.3 Å². The van der Waals surface area contributed by atoms with Crippen molar-refractivity contribution in [3.63, 3.8) is 0 Å². The smallest absolute Gasteiger partial charge is 0.185 e. The van der Waals surface area contributed by atoms with Gasteiger partial charge in [-0.1, -0.05) is 0 Å². The van der Waals surface area contributed by atoms with Crippen molar-refractivity contribution in [3.8, 4) is 0 Å². The van der Waals surface area contributed by atoms with Crippen LogP contribution in [-0.2, 0) is 16.4 Å². The van der Waals surface area contributed by atoms with Gasteiger partial charge in [0, 0.05) is 31.1 Å². The Balaban J connectivity index is 1.61. The van der Waals surface area contributed by atoms with Gasteiger partial charge in [-0.25, -0.2) is 13.4 Å². The third-order valence-electron chi connectivity index (χ3n) is 3.51. The zero-order chi connectivity index (χ0) is 13.3. The van der Waals surface area contributed by atoms with Crippen LogP contribution in [0.25, 0.3) is 0 Å². The SMILES string of the molecule is O=S1(=O)CCCN(c2nc(CNC3CC3)cs2)CC1. The Hall–Kier alpha value is -0.660. The molecule has 0 spiro atoms. The molecule has 2 aliphatic rings. The highest BCUT2D eigenvalue weighted by Gasteiger charge is 2.22. The van der Waals surface area contributed by atoms with E-state index in [4.69, 9.17) is 0 Å². The lowest BCUT2D eigenvalue weighted by molar-refractivity contribution is 0.597. The highest BCUT2D eigenvalue weighted by Crippen LogP contribution is 2.24. The van der Waals surface area contributed by atoms with Crippen LogP contribution < -0.4 is 10.2 Å². The van der Waals surface area contributed by atoms with Crippen LogP contribution in [0.15, 0.2) is 5.38 Å². The summed E-state index contributed by atoms with van der Waals surface area (Å²) in [5.41, 5.74) is 1.07. The Labute approximate surface area is 117 Å². The molecule has 1 aromatic rings. The van der Waals surface area contributed by atoms with Crippen LogP contribution in [0.2, 0.25) is 0 Å². The molecule has 19 heavy (non-hydrogen) atoms. The summed E-state index contributed by atoms with van der Waals surface area (Å²) in [7, 11) is -2.84. The minimum absolute atomic E-state index is 0.252. The second-order valence-electron chi connectivity index (χ2n) is 5.27. The molecular formula is C12H19N3O2S2. The van der Waals surface area contributed by atoms with Gasteiger partial charge in [0.25, 0.3) is 0 Å². The number of sulfone groups is 1. The molecule has 1 saturated carbocycles. The zero-order valence-corrected chi connectivity index (χ0v) is 12.5. The molecule has 0 unspecified atom stereocenters. The number of hydrogen-bond acceptors (Lipinski definition) is 6. The van der Waals surface area contributed by atoms with Crippen LogP contribution in [0.5, 0.6) is 0 Å². The van der Waals surface area contributed by atoms with Gasteiger partial charge in [0.2, 0.25) is 0 Å². The number of nitrogens with one attached hydrogen (secondary N) is 1. The van der Waals surface area contributed by atoms with Crippen LogP contribution in [0.4, 0.5) is 5.13 Å². The van der Waals surface area contributed by atoms with Gasteiger partial charge in [-0.15, -0.1) is 11.3 Å². The van der Waals surface area contributed by atoms with Crippen molar-refractivity contribution in [2.24, 2.45) is 0 Å². The molecule has 0 atom stereocenters. The zero-order valence-electron chi connectivity index (χ0n) is 10.8. The number of anilines is 1. The largest absolute Gasteiger partial charge is 0.347 e. The lowest BCUT2D eigenvalue weighted by atomic mass is 10.4. The first kappa shape index (κ1) is 13.3. The van der Waals surface area contributed by atoms with E-state index in [-0.39, 0.29) is 5.75 Å². The summed E-state index contributed by atoms with van der Waals surface area (Å²) in [5.74, 6) is 0.563. The van der Waals surface area contributed by atoms with E-state index in [1.807, 2.05) is 0 Å². The van der Waals surface area contributed by atoms with Gasteiger partial charge in [-0.2, -0.15) is 0 Å². The van der Waals surface area contributed by atoms with Gasteiger partial charge in [-0.3, -0.25) is 0 Å². The summed E-state index contributed by atoms with van der Waals surface area (Å²) in [5, 5.41) is 6.48. The average Bonchev–Trinajstić information content (AvgIpc) is 3.11. The van der Waals surface area contributed by atoms with E-state index >= 15 is 0 Å². The number of aromatic nitrogens is 1. The van der Waals surface area contributed by atoms with E-state index in [1.54, 1.807) is 11.3 Å². The molecule has 0 aromatic carbocycles. The molecule has 1 aromatic heterocycles. The predicted octanol–water partition coefficient (Wildman–Crippen LogP) is 1.02. The molecule has 1 aliphatic heterocycles. The van der Waals surface area contributed by atoms with Crippen molar-refractivity contribution in [1.29, 1.82) is 0 Å². The number of rotatable bonds is 4. The third kappa shape index (κ3) is 3.67. The fourth-order valence-electron chi connectivity index (χ4n) is 2.19. The summed E-state index contributed by atoms with van der Waals surface area (Å²) in [6, 6.07) is 0.688. The topological polar surface area (TPSA) is 62.3 Å². The van der Waals surface area contributed by atoms with E-state index in [2.05, 4.69) is 20.6 Å². The molecule has 3 rings (SSSR count). The summed E-state index contributed by atoms with van der Waals surface area (Å²) in [4.78, 5) is 6.72. The molecular weight excluding hydrogens is 282 g/mol. The Bertz CT molecular complexity index is 537. The highest BCUT2D eigenvalue weighted by molar-refractivity contribution is 7.91. The number of thiazole rings is 1. The highest BCUT2D eigenvalue weighted by atomic mass is 32.2. The number of hydrogen-bond donors (Lipinski definition) is 1. The molecule has 2 fully saturated rings. The summed E-state index contributed by atoms with van der Waals surface area (Å²) >= 11 is 1.62. The molecule has 1 aliphatic carbocycles. The molecule has 106 valence electrons. The van der Waals surface area contributed by atoms with Gasteiger partial charge in [-0.05, 0) is 19.3 Å². The van der Waals surface area contributed by atoms with E-state index in [0.29, 0.717) is 24.8 Å². The molecule has 0 bridgehead atoms. The van der Waals surface area contributed by atoms with E-state index in [0.717, 1.165) is 23.9 Å². The van der Waals surface area contributed by atoms with Crippen molar-refractivity contribution in [3.05, 3.63) is 11.1 Å². The van der Waals surface area contributed by atoms with Crippen LogP contribution in [0, 0.1) is 0 Å². The summed E-state index contributed by atoms with van der Waals surface area (Å²) in [6.45, 7) is 2.20. The van der Waals surface area contributed by atoms with E-state index < -0.39 is 9.84 Å². The van der Waals surface area contributed by atoms with Crippen LogP contribution in [0.3, 0.4) is 0 Å². The molecule has 7 heteroatoms. The normalized spacial score (nSPS) is 23.3. The minimum Gasteiger partial charge on any atom is -0.347 e. The lowest BCUT2D eigenvalue weighted by Crippen LogP contribution is -2.26. The van der Waals surface area contributed by atoms with Gasteiger partial charge >= 0.3 is 0 Å². The maximum Gasteiger partial charge on any atom is 0.185 e. The first-order chi connectivity index (χ1) is 9.12. The third-order valence-corrected chi connectivity index (χ3v) is 6.18. The first-order valence-corrected chi connectivity index (χ1v) is 9.46. The Kier molecular flexibility index (Phi) is 3.77. The first-order valence-electron chi connectivity index (χ1n) is 6.75. The Morgan fingerprint density at radius 2 is 2.21 bits per heavy atom. The standard InChI is InChI=1S/C12H19N3O2S2/c16-19(17)6-1-4-15(5-7-19)12-14-11(9-18-12)8-13-10-2-3-10/h9-10,13H,1-8H2. The minimum atomic E-state index is -2.84. The molecule has 5 nitrogen and oxygen atoms in total. The van der Waals surface area contributed by atoms with Crippen LogP contribution in [0.1, 0.15) is 25.0 Å². The van der Waals surface area contributed by atoms with Crippen molar-refractivity contribution in [1.82, 2.24) is 10.3 Å². The second kappa shape index (κ2) is 5.38. The molecule has 2 heterocycles. The van der Waals surface area contributed by atoms with E-state index in [9.17, 15) is 8.42 Å². The number of nitrogens with zero attached hydrogens (tertiary/aromatic N) is 2. The quantitative estimate of drug-likeness (QED) is 0.899. The van der Waals surface area contributed by atoms with Gasteiger partial charge in [0.1, 0.15) is 0 Å². The maximum atomic E-state index is 11.6. The van der Waals surface area contributed by atoms with Gasteiger partial charge < -0.3 is 10.2 Å². The molecule has 1 saturated heterocycles. The van der Waals surface area contributed by atoms with Crippen molar-refractivity contribution in [2.75, 3.05) is 29.5 Å². The average molecular weight is 301 g/mol. The van der Waals surface area contributed by atoms with E-state index in [1.165, 1.54) is 12.8 Å². The molecule has 1 N–H and O–H groups in total. The Morgan fingerprint density at radius 3 is 3.00 bits per heavy atom. The maximum absolute atomic E-state index is 11.6.